The Kier molecular flexibility index (Phi) is 3.05. The number of thiophene rings is 1. The van der Waals surface area contributed by atoms with Crippen LogP contribution in [0, 0.1) is 11.3 Å². The van der Waals surface area contributed by atoms with Crippen LogP contribution in [0.2, 0.25) is 0 Å². The molecule has 1 aromatic rings. The predicted octanol–water partition coefficient (Wildman–Crippen LogP) is 1.03. The molecule has 0 aromatic carbocycles. The van der Waals surface area contributed by atoms with Crippen LogP contribution in [0.4, 0.5) is 5.00 Å². The van der Waals surface area contributed by atoms with E-state index < -0.39 is 12.0 Å². The van der Waals surface area contributed by atoms with Gasteiger partial charge in [-0.1, -0.05) is 0 Å². The Morgan fingerprint density at radius 1 is 1.71 bits per heavy atom. The molecule has 0 saturated heterocycles. The quantitative estimate of drug-likeness (QED) is 0.819. The Morgan fingerprint density at radius 3 is 3.00 bits per heavy atom. The summed E-state index contributed by atoms with van der Waals surface area (Å²) in [6.45, 7) is 2.90. The van der Waals surface area contributed by atoms with Crippen LogP contribution in [-0.4, -0.2) is 28.6 Å². The van der Waals surface area contributed by atoms with E-state index in [9.17, 15) is 4.79 Å². The van der Waals surface area contributed by atoms with E-state index in [4.69, 9.17) is 16.1 Å². The number of nitrogens with two attached hydrogens (primary N) is 1. The first-order valence-electron chi connectivity index (χ1n) is 5.31. The van der Waals surface area contributed by atoms with Crippen molar-refractivity contribution in [3.63, 3.8) is 0 Å². The second-order valence-electron chi connectivity index (χ2n) is 4.09. The maximum absolute atomic E-state index is 10.9. The molecule has 0 aliphatic carbocycles. The van der Waals surface area contributed by atoms with Gasteiger partial charge in [-0.25, -0.2) is 0 Å². The molecule has 0 spiro atoms. The summed E-state index contributed by atoms with van der Waals surface area (Å²) in [5, 5.41) is 18.5. The van der Waals surface area contributed by atoms with Crippen molar-refractivity contribution in [1.29, 1.82) is 5.26 Å². The van der Waals surface area contributed by atoms with E-state index in [1.165, 1.54) is 11.3 Å². The number of aliphatic carboxylic acids is 1. The number of carboxylic acids is 1. The summed E-state index contributed by atoms with van der Waals surface area (Å²) in [7, 11) is 0. The van der Waals surface area contributed by atoms with Gasteiger partial charge in [0, 0.05) is 18.0 Å². The number of carbonyl (C=O) groups is 1. The molecule has 1 aromatic heterocycles. The number of fused-ring (bicyclic) bond motifs is 1. The van der Waals surface area contributed by atoms with Gasteiger partial charge in [0.15, 0.2) is 0 Å². The zero-order valence-corrected chi connectivity index (χ0v) is 10.3. The van der Waals surface area contributed by atoms with Crippen LogP contribution in [0.5, 0.6) is 0 Å². The zero-order chi connectivity index (χ0) is 12.6. The molecule has 0 fully saturated rings. The molecule has 6 heteroatoms. The molecule has 5 nitrogen and oxygen atoms in total. The van der Waals surface area contributed by atoms with Gasteiger partial charge >= 0.3 is 5.97 Å². The van der Waals surface area contributed by atoms with Gasteiger partial charge in [0.25, 0.3) is 0 Å². The maximum atomic E-state index is 10.9. The lowest BCUT2D eigenvalue weighted by Crippen LogP contribution is -2.41. The number of nitrogen functional groups attached to an aromatic ring is 1. The summed E-state index contributed by atoms with van der Waals surface area (Å²) < 4.78 is 0. The van der Waals surface area contributed by atoms with E-state index in [0.29, 0.717) is 30.1 Å². The van der Waals surface area contributed by atoms with Gasteiger partial charge in [-0.3, -0.25) is 9.69 Å². The minimum atomic E-state index is -0.821. The van der Waals surface area contributed by atoms with Crippen molar-refractivity contribution < 1.29 is 9.90 Å². The second kappa shape index (κ2) is 4.35. The van der Waals surface area contributed by atoms with Crippen molar-refractivity contribution in [2.24, 2.45) is 0 Å². The minimum absolute atomic E-state index is 0.503. The first-order valence-corrected chi connectivity index (χ1v) is 6.13. The third-order valence-corrected chi connectivity index (χ3v) is 4.18. The molecule has 3 N–H and O–H groups in total. The molecule has 2 heterocycles. The Labute approximate surface area is 103 Å². The smallest absolute Gasteiger partial charge is 0.320 e. The van der Waals surface area contributed by atoms with Crippen molar-refractivity contribution in [1.82, 2.24) is 4.90 Å². The highest BCUT2D eigenvalue weighted by molar-refractivity contribution is 7.16. The number of anilines is 1. The van der Waals surface area contributed by atoms with Gasteiger partial charge in [-0.2, -0.15) is 5.26 Å². The average Bonchev–Trinajstić information content (AvgIpc) is 2.61. The predicted molar refractivity (Wildman–Crippen MR) is 64.7 cm³/mol. The van der Waals surface area contributed by atoms with E-state index in [-0.39, 0.29) is 0 Å². The average molecular weight is 251 g/mol. The second-order valence-corrected chi connectivity index (χ2v) is 5.23. The van der Waals surface area contributed by atoms with Crippen molar-refractivity contribution in [3.05, 3.63) is 16.0 Å². The first kappa shape index (κ1) is 11.9. The number of nitrogens with zero attached hydrogens (tertiary/aromatic N) is 2. The van der Waals surface area contributed by atoms with Gasteiger partial charge in [0.05, 0.1) is 5.56 Å². The van der Waals surface area contributed by atoms with Crippen LogP contribution in [0.15, 0.2) is 0 Å². The molecular weight excluding hydrogens is 238 g/mol. The van der Waals surface area contributed by atoms with Gasteiger partial charge in [-0.15, -0.1) is 11.3 Å². The summed E-state index contributed by atoms with van der Waals surface area (Å²) in [5.41, 5.74) is 7.35. The lowest BCUT2D eigenvalue weighted by molar-refractivity contribution is -0.142. The van der Waals surface area contributed by atoms with Gasteiger partial charge in [0.1, 0.15) is 17.1 Å². The van der Waals surface area contributed by atoms with Gasteiger partial charge in [-0.05, 0) is 18.9 Å². The number of hydrogen-bond donors (Lipinski definition) is 2. The van der Waals surface area contributed by atoms with Crippen LogP contribution >= 0.6 is 11.3 Å². The van der Waals surface area contributed by atoms with Crippen molar-refractivity contribution in [2.75, 3.05) is 12.3 Å². The summed E-state index contributed by atoms with van der Waals surface area (Å²) >= 11 is 1.39. The largest absolute Gasteiger partial charge is 0.480 e. The zero-order valence-electron chi connectivity index (χ0n) is 9.43. The Balaban J connectivity index is 2.26. The molecule has 2 rings (SSSR count). The topological polar surface area (TPSA) is 90.3 Å². The fourth-order valence-corrected chi connectivity index (χ4v) is 3.15. The lowest BCUT2D eigenvalue weighted by atomic mass is 10.0. The highest BCUT2D eigenvalue weighted by Crippen LogP contribution is 2.34. The summed E-state index contributed by atoms with van der Waals surface area (Å²) in [6.07, 6.45) is 0.698. The van der Waals surface area contributed by atoms with Crippen molar-refractivity contribution >= 4 is 22.3 Å². The molecule has 1 atom stereocenters. The van der Waals surface area contributed by atoms with Gasteiger partial charge in [0.2, 0.25) is 0 Å². The SMILES string of the molecule is CC(C(=O)O)N1CCc2c(sc(N)c2C#N)C1. The third kappa shape index (κ3) is 1.99. The molecule has 90 valence electrons. The summed E-state index contributed by atoms with van der Waals surface area (Å²) in [5.74, 6) is -0.821. The van der Waals surface area contributed by atoms with E-state index in [1.807, 2.05) is 4.90 Å². The third-order valence-electron chi connectivity index (χ3n) is 3.13. The van der Waals surface area contributed by atoms with Crippen molar-refractivity contribution in [3.8, 4) is 6.07 Å². The molecule has 0 saturated carbocycles. The van der Waals surface area contributed by atoms with E-state index >= 15 is 0 Å². The lowest BCUT2D eigenvalue weighted by Gasteiger charge is -2.29. The summed E-state index contributed by atoms with van der Waals surface area (Å²) in [4.78, 5) is 13.8. The fraction of sp³-hybridized carbons (Fsp3) is 0.455. The van der Waals surface area contributed by atoms with Crippen LogP contribution in [-0.2, 0) is 17.8 Å². The summed E-state index contributed by atoms with van der Waals surface area (Å²) in [6, 6.07) is 1.62. The van der Waals surface area contributed by atoms with Crippen LogP contribution in [0.3, 0.4) is 0 Å². The number of hydrogen-bond acceptors (Lipinski definition) is 5. The van der Waals surface area contributed by atoms with Crippen LogP contribution in [0.25, 0.3) is 0 Å². The Bertz CT molecular complexity index is 504. The number of nitriles is 1. The molecular formula is C11H13N3O2S. The molecule has 1 aliphatic rings. The molecule has 17 heavy (non-hydrogen) atoms. The van der Waals surface area contributed by atoms with Crippen LogP contribution < -0.4 is 5.73 Å². The van der Waals surface area contributed by atoms with Crippen LogP contribution in [0.1, 0.15) is 22.9 Å². The molecule has 0 radical (unpaired) electrons. The minimum Gasteiger partial charge on any atom is -0.480 e. The molecule has 1 unspecified atom stereocenters. The molecule has 1 aliphatic heterocycles. The van der Waals surface area contributed by atoms with E-state index in [2.05, 4.69) is 6.07 Å². The maximum Gasteiger partial charge on any atom is 0.320 e. The van der Waals surface area contributed by atoms with Gasteiger partial charge < -0.3 is 10.8 Å². The monoisotopic (exact) mass is 251 g/mol. The van der Waals surface area contributed by atoms with Crippen molar-refractivity contribution in [2.45, 2.75) is 25.9 Å². The highest BCUT2D eigenvalue weighted by Gasteiger charge is 2.28. The Hall–Kier alpha value is -1.58. The normalized spacial score (nSPS) is 17.2. The number of rotatable bonds is 2. The standard InChI is InChI=1S/C11H13N3O2S/c1-6(11(15)16)14-3-2-7-8(4-12)10(13)17-9(7)5-14/h6H,2-3,5,13H2,1H3,(H,15,16). The molecule has 0 bridgehead atoms. The first-order chi connectivity index (χ1) is 8.04. The fourth-order valence-electron chi connectivity index (χ4n) is 2.05. The molecule has 0 amide bonds. The number of carboxylic acid groups (broad SMARTS) is 1. The Morgan fingerprint density at radius 2 is 2.41 bits per heavy atom. The van der Waals surface area contributed by atoms with E-state index in [1.54, 1.807) is 6.92 Å². The highest BCUT2D eigenvalue weighted by atomic mass is 32.1. The van der Waals surface area contributed by atoms with E-state index in [0.717, 1.165) is 10.4 Å².